The maximum Gasteiger partial charge on any atom is 0.316 e. The standard InChI is InChI=1S/C37H44N4.C5H8O4/c1-38(2)32-20-12-28(13-21-32)36(29-14-22-33(23-15-29)39(3)4)10-9-11-37(30-16-24-34(25-17-30)40(5)6)31-18-26-35(27-19-31)41(7)8;1-8-4(6)3-5(7)9-2/h10-27H,9H2,1-8H3;3H2,1-2H3. The molecule has 0 aromatic heterocycles. The Morgan fingerprint density at radius 2 is 0.660 bits per heavy atom. The van der Waals surface area contributed by atoms with Crippen molar-refractivity contribution in [1.82, 2.24) is 0 Å². The van der Waals surface area contributed by atoms with Crippen molar-refractivity contribution in [2.24, 2.45) is 0 Å². The quantitative estimate of drug-likeness (QED) is 0.112. The van der Waals surface area contributed by atoms with E-state index in [0.717, 1.165) is 6.42 Å². The Morgan fingerprint density at radius 3 is 0.840 bits per heavy atom. The second kappa shape index (κ2) is 18.9. The summed E-state index contributed by atoms with van der Waals surface area (Å²) in [6.45, 7) is 0. The maximum absolute atomic E-state index is 10.3. The maximum atomic E-state index is 10.3. The highest BCUT2D eigenvalue weighted by Gasteiger charge is 2.10. The van der Waals surface area contributed by atoms with Crippen molar-refractivity contribution in [3.8, 4) is 0 Å². The van der Waals surface area contributed by atoms with Crippen molar-refractivity contribution in [3.05, 3.63) is 131 Å². The zero-order chi connectivity index (χ0) is 36.8. The molecule has 0 atom stereocenters. The number of hydrogen-bond donors (Lipinski definition) is 0. The summed E-state index contributed by atoms with van der Waals surface area (Å²) < 4.78 is 8.37. The highest BCUT2D eigenvalue weighted by atomic mass is 16.5. The first-order valence-corrected chi connectivity index (χ1v) is 16.5. The van der Waals surface area contributed by atoms with Gasteiger partial charge in [-0.25, -0.2) is 0 Å². The van der Waals surface area contributed by atoms with Gasteiger partial charge in [0.2, 0.25) is 0 Å². The number of carbonyl (C=O) groups is 2. The van der Waals surface area contributed by atoms with Crippen molar-refractivity contribution in [3.63, 3.8) is 0 Å². The number of rotatable bonds is 12. The second-order valence-corrected chi connectivity index (χ2v) is 12.6. The Labute approximate surface area is 298 Å². The van der Waals surface area contributed by atoms with Gasteiger partial charge >= 0.3 is 11.9 Å². The number of anilines is 4. The Morgan fingerprint density at radius 1 is 0.440 bits per heavy atom. The number of carbonyl (C=O) groups excluding carboxylic acids is 2. The number of nitrogens with zero attached hydrogens (tertiary/aromatic N) is 4. The summed E-state index contributed by atoms with van der Waals surface area (Å²) in [7, 11) is 19.0. The number of methoxy groups -OCH3 is 2. The van der Waals surface area contributed by atoms with Crippen LogP contribution >= 0.6 is 0 Å². The van der Waals surface area contributed by atoms with Gasteiger partial charge in [0.15, 0.2) is 0 Å². The molecule has 0 radical (unpaired) electrons. The molecule has 0 fully saturated rings. The fourth-order valence-electron chi connectivity index (χ4n) is 5.12. The van der Waals surface area contributed by atoms with Gasteiger partial charge in [0, 0.05) is 79.1 Å². The van der Waals surface area contributed by atoms with E-state index in [1.54, 1.807) is 0 Å². The summed E-state index contributed by atoms with van der Waals surface area (Å²) in [5.74, 6) is -1.16. The highest BCUT2D eigenvalue weighted by molar-refractivity contribution is 5.91. The molecule has 0 bridgehead atoms. The number of ether oxygens (including phenoxy) is 2. The molecule has 0 aliphatic rings. The molecule has 0 heterocycles. The molecular formula is C42H52N4O4. The lowest BCUT2D eigenvalue weighted by atomic mass is 9.94. The van der Waals surface area contributed by atoms with Crippen LogP contribution in [0.1, 0.15) is 35.1 Å². The number of benzene rings is 4. The van der Waals surface area contributed by atoms with E-state index < -0.39 is 11.9 Å². The number of hydrogen-bond acceptors (Lipinski definition) is 8. The molecule has 4 aromatic rings. The van der Waals surface area contributed by atoms with Gasteiger partial charge in [-0.05, 0) is 88.4 Å². The zero-order valence-electron chi connectivity index (χ0n) is 31.2. The molecule has 8 nitrogen and oxygen atoms in total. The third-order valence-electron chi connectivity index (χ3n) is 8.17. The molecule has 4 aromatic carbocycles. The van der Waals surface area contributed by atoms with Crippen LogP contribution in [-0.4, -0.2) is 82.5 Å². The second-order valence-electron chi connectivity index (χ2n) is 12.6. The zero-order valence-corrected chi connectivity index (χ0v) is 31.2. The molecule has 0 aliphatic heterocycles. The first kappa shape index (κ1) is 38.9. The van der Waals surface area contributed by atoms with Crippen LogP contribution in [0.5, 0.6) is 0 Å². The first-order valence-electron chi connectivity index (χ1n) is 16.5. The molecule has 0 amide bonds. The molecule has 0 unspecified atom stereocenters. The number of esters is 2. The molecule has 8 heteroatoms. The third kappa shape index (κ3) is 11.3. The van der Waals surface area contributed by atoms with Gasteiger partial charge in [0.05, 0.1) is 14.2 Å². The molecular weight excluding hydrogens is 624 g/mol. The van der Waals surface area contributed by atoms with E-state index >= 15 is 0 Å². The first-order chi connectivity index (χ1) is 23.8. The van der Waals surface area contributed by atoms with E-state index in [9.17, 15) is 9.59 Å². The molecule has 0 spiro atoms. The average molecular weight is 677 g/mol. The largest absolute Gasteiger partial charge is 0.469 e. The minimum atomic E-state index is -0.582. The summed E-state index contributed by atoms with van der Waals surface area (Å²) >= 11 is 0. The van der Waals surface area contributed by atoms with Crippen molar-refractivity contribution >= 4 is 45.8 Å². The smallest absolute Gasteiger partial charge is 0.316 e. The third-order valence-corrected chi connectivity index (χ3v) is 8.17. The fraction of sp³-hybridized carbons (Fsp3) is 0.286. The Bertz CT molecular complexity index is 1480. The molecule has 0 saturated heterocycles. The SMILES string of the molecule is CN(C)c1ccc(C(=CCC=C(c2ccc(N(C)C)cc2)c2ccc(N(C)C)cc2)c2ccc(N(C)C)cc2)cc1.COC(=O)CC(=O)OC. The fourth-order valence-corrected chi connectivity index (χ4v) is 5.12. The van der Waals surface area contributed by atoms with Crippen molar-refractivity contribution in [1.29, 1.82) is 0 Å². The van der Waals surface area contributed by atoms with Crippen LogP contribution in [0.15, 0.2) is 109 Å². The van der Waals surface area contributed by atoms with E-state index in [2.05, 4.69) is 195 Å². The van der Waals surface area contributed by atoms with Gasteiger partial charge < -0.3 is 29.1 Å². The minimum absolute atomic E-state index is 0.312. The monoisotopic (exact) mass is 676 g/mol. The van der Waals surface area contributed by atoms with E-state index in [0.29, 0.717) is 0 Å². The molecule has 0 aliphatic carbocycles. The lowest BCUT2D eigenvalue weighted by molar-refractivity contribution is -0.151. The van der Waals surface area contributed by atoms with Crippen LogP contribution < -0.4 is 19.6 Å². The van der Waals surface area contributed by atoms with Gasteiger partial charge in [-0.1, -0.05) is 60.7 Å². The molecule has 4 rings (SSSR count). The van der Waals surface area contributed by atoms with Crippen LogP contribution in [0, 0.1) is 0 Å². The lowest BCUT2D eigenvalue weighted by Crippen LogP contribution is -2.09. The van der Waals surface area contributed by atoms with Gasteiger partial charge in [0.25, 0.3) is 0 Å². The van der Waals surface area contributed by atoms with E-state index in [1.807, 2.05) is 0 Å². The van der Waals surface area contributed by atoms with Crippen molar-refractivity contribution in [2.45, 2.75) is 12.8 Å². The minimum Gasteiger partial charge on any atom is -0.469 e. The summed E-state index contributed by atoms with van der Waals surface area (Å²) in [5, 5.41) is 0. The average Bonchev–Trinajstić information content (AvgIpc) is 3.12. The topological polar surface area (TPSA) is 65.6 Å². The predicted octanol–water partition coefficient (Wildman–Crippen LogP) is 7.63. The van der Waals surface area contributed by atoms with Gasteiger partial charge in [-0.3, -0.25) is 9.59 Å². The summed E-state index contributed by atoms with van der Waals surface area (Å²) in [6, 6.07) is 35.4. The van der Waals surface area contributed by atoms with Crippen LogP contribution in [0.3, 0.4) is 0 Å². The molecule has 0 N–H and O–H groups in total. The van der Waals surface area contributed by atoms with Gasteiger partial charge in [0.1, 0.15) is 6.42 Å². The summed E-state index contributed by atoms with van der Waals surface area (Å²) in [6.07, 6.45) is 5.21. The Hall–Kier alpha value is -5.50. The van der Waals surface area contributed by atoms with E-state index in [4.69, 9.17) is 0 Å². The molecule has 264 valence electrons. The molecule has 50 heavy (non-hydrogen) atoms. The van der Waals surface area contributed by atoms with Crippen molar-refractivity contribution in [2.75, 3.05) is 90.2 Å². The summed E-state index contributed by atoms with van der Waals surface area (Å²) in [5.41, 5.74) is 12.1. The van der Waals surface area contributed by atoms with Gasteiger partial charge in [-0.2, -0.15) is 0 Å². The predicted molar refractivity (Wildman–Crippen MR) is 210 cm³/mol. The van der Waals surface area contributed by atoms with E-state index in [-0.39, 0.29) is 6.42 Å². The Balaban J connectivity index is 0.000000661. The molecule has 0 saturated carbocycles. The van der Waals surface area contributed by atoms with Crippen LogP contribution in [0.25, 0.3) is 11.1 Å². The Kier molecular flexibility index (Phi) is 14.7. The normalized spacial score (nSPS) is 10.1. The van der Waals surface area contributed by atoms with Gasteiger partial charge in [-0.15, -0.1) is 0 Å². The van der Waals surface area contributed by atoms with Crippen LogP contribution in [0.2, 0.25) is 0 Å². The lowest BCUT2D eigenvalue weighted by Gasteiger charge is -2.17. The highest BCUT2D eigenvalue weighted by Crippen LogP contribution is 2.30. The van der Waals surface area contributed by atoms with Crippen LogP contribution in [0.4, 0.5) is 22.7 Å². The number of allylic oxidation sites excluding steroid dienone is 2. The van der Waals surface area contributed by atoms with E-state index in [1.165, 1.54) is 70.4 Å². The summed E-state index contributed by atoms with van der Waals surface area (Å²) in [4.78, 5) is 29.1. The van der Waals surface area contributed by atoms with Crippen LogP contribution in [-0.2, 0) is 19.1 Å². The van der Waals surface area contributed by atoms with Crippen molar-refractivity contribution < 1.29 is 19.1 Å².